The van der Waals surface area contributed by atoms with Crippen molar-refractivity contribution in [3.05, 3.63) is 35.5 Å². The fraction of sp³-hybridized carbons (Fsp3) is 0.583. The van der Waals surface area contributed by atoms with Gasteiger partial charge in [-0.2, -0.15) is 0 Å². The predicted molar refractivity (Wildman–Crippen MR) is 115 cm³/mol. The van der Waals surface area contributed by atoms with Crippen LogP contribution in [0, 0.1) is 5.92 Å². The summed E-state index contributed by atoms with van der Waals surface area (Å²) in [6.07, 6.45) is 0.0234. The first-order chi connectivity index (χ1) is 14.8. The third-order valence-electron chi connectivity index (χ3n) is 5.76. The second-order valence-electron chi connectivity index (χ2n) is 8.60. The van der Waals surface area contributed by atoms with Crippen LogP contribution in [0.1, 0.15) is 54.9 Å². The molecule has 176 valence electrons. The Kier molecular flexibility index (Phi) is 7.83. The summed E-state index contributed by atoms with van der Waals surface area (Å²) in [6.45, 7) is 15.2. The van der Waals surface area contributed by atoms with Gasteiger partial charge in [-0.05, 0) is 40.2 Å². The Morgan fingerprint density at radius 3 is 2.22 bits per heavy atom. The number of fused-ring (bicyclic) bond motifs is 1. The van der Waals surface area contributed by atoms with E-state index in [1.165, 1.54) is 13.8 Å². The van der Waals surface area contributed by atoms with Crippen LogP contribution in [0.5, 0.6) is 0 Å². The summed E-state index contributed by atoms with van der Waals surface area (Å²) < 4.78 is 22.2. The zero-order valence-electron chi connectivity index (χ0n) is 19.7. The molecule has 32 heavy (non-hydrogen) atoms. The van der Waals surface area contributed by atoms with Gasteiger partial charge in [0.2, 0.25) is 5.78 Å². The lowest BCUT2D eigenvalue weighted by Gasteiger charge is -2.38. The Labute approximate surface area is 188 Å². The first kappa shape index (κ1) is 25.5. The summed E-state index contributed by atoms with van der Waals surface area (Å²) in [5.41, 5.74) is 0.492. The first-order valence-electron chi connectivity index (χ1n) is 10.6. The van der Waals surface area contributed by atoms with Crippen LogP contribution in [0.4, 0.5) is 0 Å². The van der Waals surface area contributed by atoms with Crippen LogP contribution in [-0.2, 0) is 38.1 Å². The van der Waals surface area contributed by atoms with Gasteiger partial charge >= 0.3 is 17.9 Å². The van der Waals surface area contributed by atoms with Crippen molar-refractivity contribution < 1.29 is 38.1 Å². The van der Waals surface area contributed by atoms with Crippen molar-refractivity contribution in [2.24, 2.45) is 5.92 Å². The normalized spacial score (nSPS) is 29.8. The molecule has 2 rings (SSSR count). The first-order valence-corrected chi connectivity index (χ1v) is 10.6. The molecule has 2 fully saturated rings. The highest BCUT2D eigenvalue weighted by Gasteiger charge is 2.72. The van der Waals surface area contributed by atoms with Gasteiger partial charge in [0, 0.05) is 25.8 Å². The van der Waals surface area contributed by atoms with Crippen LogP contribution >= 0.6 is 0 Å². The van der Waals surface area contributed by atoms with Crippen molar-refractivity contribution in [2.75, 3.05) is 0 Å². The second kappa shape index (κ2) is 9.81. The van der Waals surface area contributed by atoms with Crippen molar-refractivity contribution in [3.63, 3.8) is 0 Å². The maximum absolute atomic E-state index is 13.1. The molecule has 1 aliphatic heterocycles. The van der Waals surface area contributed by atoms with Crippen LogP contribution in [0.3, 0.4) is 0 Å². The third-order valence-corrected chi connectivity index (χ3v) is 5.76. The number of esters is 3. The molecular weight excluding hydrogens is 416 g/mol. The molecular formula is C24H32O8. The Morgan fingerprint density at radius 1 is 1.12 bits per heavy atom. The zero-order chi connectivity index (χ0) is 24.4. The van der Waals surface area contributed by atoms with Gasteiger partial charge in [-0.1, -0.05) is 24.3 Å². The molecule has 0 spiro atoms. The molecule has 1 heterocycles. The van der Waals surface area contributed by atoms with E-state index in [1.807, 2.05) is 19.9 Å². The van der Waals surface area contributed by atoms with E-state index >= 15 is 0 Å². The molecule has 0 N–H and O–H groups in total. The molecule has 6 atom stereocenters. The molecule has 0 aromatic carbocycles. The van der Waals surface area contributed by atoms with Gasteiger partial charge in [-0.3, -0.25) is 14.4 Å². The minimum Gasteiger partial charge on any atom is -0.459 e. The largest absolute Gasteiger partial charge is 0.459 e. The number of hydrogen-bond donors (Lipinski definition) is 0. The van der Waals surface area contributed by atoms with Gasteiger partial charge in [0.1, 0.15) is 18.3 Å². The molecule has 8 heteroatoms. The molecule has 0 bridgehead atoms. The van der Waals surface area contributed by atoms with E-state index in [2.05, 4.69) is 6.58 Å². The number of epoxide rings is 1. The Balaban J connectivity index is 2.49. The highest BCUT2D eigenvalue weighted by atomic mass is 16.7. The van der Waals surface area contributed by atoms with Gasteiger partial charge in [0.25, 0.3) is 0 Å². The van der Waals surface area contributed by atoms with Gasteiger partial charge in [0.05, 0.1) is 5.92 Å². The number of ketones is 1. The Morgan fingerprint density at radius 2 is 1.72 bits per heavy atom. The number of rotatable bonds is 8. The van der Waals surface area contributed by atoms with E-state index in [0.717, 1.165) is 5.57 Å². The molecule has 0 aromatic heterocycles. The van der Waals surface area contributed by atoms with Gasteiger partial charge in [-0.15, -0.1) is 0 Å². The molecule has 1 saturated carbocycles. The highest BCUT2D eigenvalue weighted by Crippen LogP contribution is 2.51. The second-order valence-corrected chi connectivity index (χ2v) is 8.60. The quantitative estimate of drug-likeness (QED) is 0.183. The lowest BCUT2D eigenvalue weighted by Crippen LogP contribution is -2.56. The molecule has 1 saturated heterocycles. The lowest BCUT2D eigenvalue weighted by molar-refractivity contribution is -0.168. The standard InChI is InChI=1S/C24H32O8/c1-9-13(4)23(28)31-17(11-10-12(2)3)14(5)18-19(29-15(6)25)21(27)24(8)22(32-24)20(18)30-16(7)26/h9-10,17-20,22H,5,11H2,1-4,6-8H3/b13-9-/t17?,18?,19?,20-,22+,24-/m1/s1. The summed E-state index contributed by atoms with van der Waals surface area (Å²) in [6, 6.07) is 0. The molecule has 3 unspecified atom stereocenters. The highest BCUT2D eigenvalue weighted by molar-refractivity contribution is 5.97. The Bertz CT molecular complexity index is 878. The van der Waals surface area contributed by atoms with Gasteiger partial charge in [-0.25, -0.2) is 4.79 Å². The fourth-order valence-electron chi connectivity index (χ4n) is 3.83. The van der Waals surface area contributed by atoms with Crippen LogP contribution in [0.15, 0.2) is 35.5 Å². The van der Waals surface area contributed by atoms with Gasteiger partial charge in [0.15, 0.2) is 11.7 Å². The predicted octanol–water partition coefficient (Wildman–Crippen LogP) is 3.00. The van der Waals surface area contributed by atoms with Crippen LogP contribution in [0.2, 0.25) is 0 Å². The molecule has 8 nitrogen and oxygen atoms in total. The average molecular weight is 449 g/mol. The van der Waals surface area contributed by atoms with E-state index in [9.17, 15) is 19.2 Å². The van der Waals surface area contributed by atoms with Crippen LogP contribution in [0.25, 0.3) is 0 Å². The average Bonchev–Trinajstić information content (AvgIpc) is 3.40. The topological polar surface area (TPSA) is 108 Å². The molecule has 1 aliphatic carbocycles. The summed E-state index contributed by atoms with van der Waals surface area (Å²) in [5.74, 6) is -3.17. The Hall–Kier alpha value is -2.74. The van der Waals surface area contributed by atoms with E-state index < -0.39 is 59.6 Å². The minimum atomic E-state index is -1.29. The monoisotopic (exact) mass is 448 g/mol. The summed E-state index contributed by atoms with van der Waals surface area (Å²) >= 11 is 0. The maximum atomic E-state index is 13.1. The van der Waals surface area contributed by atoms with E-state index in [4.69, 9.17) is 18.9 Å². The molecule has 0 aromatic rings. The third kappa shape index (κ3) is 5.35. The van der Waals surface area contributed by atoms with Crippen LogP contribution in [-0.4, -0.2) is 53.7 Å². The lowest BCUT2D eigenvalue weighted by atomic mass is 9.72. The molecule has 0 amide bonds. The minimum absolute atomic E-state index is 0.289. The zero-order valence-corrected chi connectivity index (χ0v) is 19.7. The van der Waals surface area contributed by atoms with Crippen molar-refractivity contribution >= 4 is 23.7 Å². The SMILES string of the molecule is C=C(C(CC=C(C)C)OC(=O)/C(C)=C\C)C1C(OC(C)=O)C(=O)[C@@]2(C)O[C@H]2[C@@H]1OC(C)=O. The van der Waals surface area contributed by atoms with Crippen LogP contribution < -0.4 is 0 Å². The van der Waals surface area contributed by atoms with Crippen molar-refractivity contribution in [3.8, 4) is 0 Å². The summed E-state index contributed by atoms with van der Waals surface area (Å²) in [7, 11) is 0. The molecule has 0 radical (unpaired) electrons. The number of carbonyl (C=O) groups excluding carboxylic acids is 4. The molecule has 2 aliphatic rings. The number of ether oxygens (including phenoxy) is 4. The van der Waals surface area contributed by atoms with E-state index in [-0.39, 0.29) is 6.42 Å². The smallest absolute Gasteiger partial charge is 0.333 e. The van der Waals surface area contributed by atoms with Crippen molar-refractivity contribution in [1.82, 2.24) is 0 Å². The number of allylic oxidation sites excluding steroid dienone is 2. The number of Topliss-reactive ketones (excluding diaryl/α,β-unsaturated/α-hetero) is 1. The fourth-order valence-corrected chi connectivity index (χ4v) is 3.83. The number of hydrogen-bond acceptors (Lipinski definition) is 8. The van der Waals surface area contributed by atoms with Crippen molar-refractivity contribution in [2.45, 2.75) is 84.9 Å². The maximum Gasteiger partial charge on any atom is 0.333 e. The summed E-state index contributed by atoms with van der Waals surface area (Å²) in [5, 5.41) is 0. The van der Waals surface area contributed by atoms with E-state index in [1.54, 1.807) is 26.8 Å². The van der Waals surface area contributed by atoms with E-state index in [0.29, 0.717) is 11.1 Å². The summed E-state index contributed by atoms with van der Waals surface area (Å²) in [4.78, 5) is 49.3. The van der Waals surface area contributed by atoms with Gasteiger partial charge < -0.3 is 18.9 Å². The number of carbonyl (C=O) groups is 4. The van der Waals surface area contributed by atoms with Crippen molar-refractivity contribution in [1.29, 1.82) is 0 Å².